The fourth-order valence-corrected chi connectivity index (χ4v) is 3.17. The van der Waals surface area contributed by atoms with Gasteiger partial charge in [0, 0.05) is 4.88 Å². The average Bonchev–Trinajstić information content (AvgIpc) is 3.00. The summed E-state index contributed by atoms with van der Waals surface area (Å²) in [5.74, 6) is 0.121. The van der Waals surface area contributed by atoms with Crippen LogP contribution in [0.5, 0.6) is 5.75 Å². The Morgan fingerprint density at radius 3 is 2.44 bits per heavy atom. The Morgan fingerprint density at radius 1 is 1.16 bits per heavy atom. The zero-order valence-corrected chi connectivity index (χ0v) is 15.7. The van der Waals surface area contributed by atoms with Crippen LogP contribution in [0.2, 0.25) is 0 Å². The van der Waals surface area contributed by atoms with Crippen molar-refractivity contribution in [2.75, 3.05) is 11.9 Å². The number of rotatable bonds is 7. The fraction of sp³-hybridized carbons (Fsp3) is 0.368. The summed E-state index contributed by atoms with van der Waals surface area (Å²) < 4.78 is 10.7. The van der Waals surface area contributed by atoms with E-state index in [1.807, 2.05) is 32.0 Å². The molecule has 2 rings (SSSR count). The van der Waals surface area contributed by atoms with Crippen molar-refractivity contribution in [1.82, 2.24) is 0 Å². The molecule has 1 aromatic carbocycles. The third-order valence-corrected chi connectivity index (χ3v) is 4.83. The third-order valence-electron chi connectivity index (χ3n) is 3.48. The number of amides is 1. The summed E-state index contributed by atoms with van der Waals surface area (Å²) in [6, 6.07) is 10.9. The van der Waals surface area contributed by atoms with Crippen LogP contribution >= 0.6 is 11.3 Å². The van der Waals surface area contributed by atoms with Crippen molar-refractivity contribution in [1.29, 1.82) is 0 Å². The monoisotopic (exact) mass is 361 g/mol. The molecule has 2 aromatic rings. The molecule has 0 aliphatic rings. The molecule has 0 bridgehead atoms. The Morgan fingerprint density at radius 2 is 1.84 bits per heavy atom. The largest absolute Gasteiger partial charge is 0.481 e. The van der Waals surface area contributed by atoms with Crippen LogP contribution in [0, 0.1) is 0 Å². The Balaban J connectivity index is 2.14. The molecular weight excluding hydrogens is 338 g/mol. The van der Waals surface area contributed by atoms with Gasteiger partial charge in [-0.3, -0.25) is 4.79 Å². The zero-order valence-electron chi connectivity index (χ0n) is 14.9. The molecule has 0 aliphatic heterocycles. The molecule has 134 valence electrons. The number of esters is 1. The van der Waals surface area contributed by atoms with Crippen LogP contribution in [0.25, 0.3) is 0 Å². The van der Waals surface area contributed by atoms with Crippen LogP contribution < -0.4 is 10.1 Å². The molecule has 1 atom stereocenters. The lowest BCUT2D eigenvalue weighted by Gasteiger charge is -2.14. The summed E-state index contributed by atoms with van der Waals surface area (Å²) in [4.78, 5) is 25.6. The number of nitrogens with one attached hydrogen (secondary N) is 1. The molecule has 0 spiro atoms. The van der Waals surface area contributed by atoms with E-state index in [9.17, 15) is 9.59 Å². The number of benzene rings is 1. The van der Waals surface area contributed by atoms with Crippen molar-refractivity contribution < 1.29 is 19.1 Å². The molecule has 5 nitrogen and oxygen atoms in total. The van der Waals surface area contributed by atoms with E-state index in [1.165, 1.54) is 11.3 Å². The van der Waals surface area contributed by atoms with Gasteiger partial charge in [0.2, 0.25) is 0 Å². The van der Waals surface area contributed by atoms with Gasteiger partial charge in [0.25, 0.3) is 5.91 Å². The summed E-state index contributed by atoms with van der Waals surface area (Å²) in [6.45, 7) is 7.78. The van der Waals surface area contributed by atoms with Gasteiger partial charge in [0.15, 0.2) is 6.10 Å². The first-order valence-electron chi connectivity index (χ1n) is 8.25. The number of carbonyl (C=O) groups is 2. The topological polar surface area (TPSA) is 64.6 Å². The predicted octanol–water partition coefficient (Wildman–Crippen LogP) is 4.45. The normalized spacial score (nSPS) is 11.9. The number of thiophene rings is 1. The van der Waals surface area contributed by atoms with E-state index in [4.69, 9.17) is 9.47 Å². The second kappa shape index (κ2) is 8.67. The van der Waals surface area contributed by atoms with Crippen molar-refractivity contribution in [3.63, 3.8) is 0 Å². The van der Waals surface area contributed by atoms with Gasteiger partial charge in [-0.1, -0.05) is 32.0 Å². The molecule has 0 unspecified atom stereocenters. The minimum Gasteiger partial charge on any atom is -0.481 e. The Hall–Kier alpha value is -2.34. The van der Waals surface area contributed by atoms with E-state index >= 15 is 0 Å². The molecule has 1 aromatic heterocycles. The molecule has 0 radical (unpaired) electrons. The van der Waals surface area contributed by atoms with E-state index in [2.05, 4.69) is 5.32 Å². The van der Waals surface area contributed by atoms with Crippen LogP contribution in [-0.2, 0) is 9.53 Å². The number of carbonyl (C=O) groups excluding carboxylic acids is 2. The molecule has 6 heteroatoms. The number of hydrogen-bond donors (Lipinski definition) is 1. The summed E-state index contributed by atoms with van der Waals surface area (Å²) in [7, 11) is 0. The summed E-state index contributed by atoms with van der Waals surface area (Å²) >= 11 is 1.39. The van der Waals surface area contributed by atoms with Gasteiger partial charge in [-0.2, -0.15) is 0 Å². The van der Waals surface area contributed by atoms with Gasteiger partial charge in [0.05, 0.1) is 12.2 Å². The highest BCUT2D eigenvalue weighted by molar-refractivity contribution is 7.16. The molecule has 0 saturated heterocycles. The summed E-state index contributed by atoms with van der Waals surface area (Å²) in [5.41, 5.74) is 0.385. The standard InChI is InChI=1S/C19H23NO4S/c1-5-23-19(22)15-11-16(12(2)3)25-18(15)20-17(21)13(4)24-14-9-7-6-8-10-14/h6-13H,5H2,1-4H3,(H,20,21)/t13-/m1/s1. The lowest BCUT2D eigenvalue weighted by atomic mass is 10.1. The fourth-order valence-electron chi connectivity index (χ4n) is 2.12. The van der Waals surface area contributed by atoms with Crippen LogP contribution in [0.3, 0.4) is 0 Å². The van der Waals surface area contributed by atoms with Crippen LogP contribution in [-0.4, -0.2) is 24.6 Å². The second-order valence-corrected chi connectivity index (χ2v) is 6.91. The Labute approximate surface area is 152 Å². The van der Waals surface area contributed by atoms with Crippen molar-refractivity contribution in [3.8, 4) is 5.75 Å². The summed E-state index contributed by atoms with van der Waals surface area (Å²) in [6.07, 6.45) is -0.693. The predicted molar refractivity (Wildman–Crippen MR) is 99.5 cm³/mol. The first-order chi connectivity index (χ1) is 11.9. The maximum Gasteiger partial charge on any atom is 0.341 e. The number of ether oxygens (including phenoxy) is 2. The molecule has 25 heavy (non-hydrogen) atoms. The van der Waals surface area contributed by atoms with Gasteiger partial charge in [-0.25, -0.2) is 4.79 Å². The lowest BCUT2D eigenvalue weighted by Crippen LogP contribution is -2.30. The molecule has 0 saturated carbocycles. The Bertz CT molecular complexity index is 724. The molecule has 1 N–H and O–H groups in total. The van der Waals surface area contributed by atoms with Gasteiger partial charge < -0.3 is 14.8 Å². The van der Waals surface area contributed by atoms with Crippen molar-refractivity contribution >= 4 is 28.2 Å². The number of hydrogen-bond acceptors (Lipinski definition) is 5. The summed E-state index contributed by atoms with van der Waals surface area (Å²) in [5, 5.41) is 3.29. The van der Waals surface area contributed by atoms with Crippen molar-refractivity contribution in [2.45, 2.75) is 39.7 Å². The molecular formula is C19H23NO4S. The highest BCUT2D eigenvalue weighted by Crippen LogP contribution is 2.33. The highest BCUT2D eigenvalue weighted by Gasteiger charge is 2.23. The maximum absolute atomic E-state index is 12.4. The maximum atomic E-state index is 12.4. The van der Waals surface area contributed by atoms with Crippen molar-refractivity contribution in [2.24, 2.45) is 0 Å². The van der Waals surface area contributed by atoms with E-state index in [0.717, 1.165) is 4.88 Å². The quantitative estimate of drug-likeness (QED) is 0.740. The van der Waals surface area contributed by atoms with Crippen LogP contribution in [0.15, 0.2) is 36.4 Å². The highest BCUT2D eigenvalue weighted by atomic mass is 32.1. The van der Waals surface area contributed by atoms with Gasteiger partial charge in [-0.05, 0) is 38.0 Å². The van der Waals surface area contributed by atoms with Gasteiger partial charge >= 0.3 is 5.97 Å². The minimum atomic E-state index is -0.693. The number of anilines is 1. The van der Waals surface area contributed by atoms with Gasteiger partial charge in [0.1, 0.15) is 10.8 Å². The molecule has 0 fully saturated rings. The van der Waals surface area contributed by atoms with E-state index in [1.54, 1.807) is 32.0 Å². The third kappa shape index (κ3) is 5.06. The van der Waals surface area contributed by atoms with Crippen LogP contribution in [0.1, 0.15) is 48.8 Å². The van der Waals surface area contributed by atoms with E-state index in [-0.39, 0.29) is 18.4 Å². The van der Waals surface area contributed by atoms with Crippen molar-refractivity contribution in [3.05, 3.63) is 46.8 Å². The average molecular weight is 361 g/mol. The first-order valence-corrected chi connectivity index (χ1v) is 9.07. The van der Waals surface area contributed by atoms with Crippen LogP contribution in [0.4, 0.5) is 5.00 Å². The first kappa shape index (κ1) is 19.0. The minimum absolute atomic E-state index is 0.252. The Kier molecular flexibility index (Phi) is 6.58. The zero-order chi connectivity index (χ0) is 18.4. The smallest absolute Gasteiger partial charge is 0.341 e. The SMILES string of the molecule is CCOC(=O)c1cc(C(C)C)sc1NC(=O)[C@@H](C)Oc1ccccc1. The molecule has 0 aliphatic carbocycles. The lowest BCUT2D eigenvalue weighted by molar-refractivity contribution is -0.122. The molecule has 1 heterocycles. The second-order valence-electron chi connectivity index (χ2n) is 5.83. The van der Waals surface area contributed by atoms with E-state index in [0.29, 0.717) is 16.3 Å². The molecule has 1 amide bonds. The van der Waals surface area contributed by atoms with E-state index < -0.39 is 12.1 Å². The number of para-hydroxylation sites is 1. The van der Waals surface area contributed by atoms with Gasteiger partial charge in [-0.15, -0.1) is 11.3 Å².